The van der Waals surface area contributed by atoms with Gasteiger partial charge in [-0.2, -0.15) is 0 Å². The minimum atomic E-state index is -0.983. The Bertz CT molecular complexity index is 593. The van der Waals surface area contributed by atoms with Gasteiger partial charge in [0.2, 0.25) is 0 Å². The molecule has 20 heavy (non-hydrogen) atoms. The van der Waals surface area contributed by atoms with E-state index in [0.29, 0.717) is 17.2 Å². The highest BCUT2D eigenvalue weighted by atomic mass is 35.5. The van der Waals surface area contributed by atoms with Crippen molar-refractivity contribution in [1.29, 1.82) is 0 Å². The summed E-state index contributed by atoms with van der Waals surface area (Å²) in [5.74, 6) is -0.392. The Labute approximate surface area is 122 Å². The van der Waals surface area contributed by atoms with E-state index in [4.69, 9.17) is 16.3 Å². The lowest BCUT2D eigenvalue weighted by atomic mass is 10.1. The monoisotopic (exact) mass is 290 g/mol. The van der Waals surface area contributed by atoms with E-state index >= 15 is 0 Å². The molecule has 1 N–H and O–H groups in total. The molecule has 0 aromatic heterocycles. The molecule has 4 heteroatoms. The lowest BCUT2D eigenvalue weighted by molar-refractivity contribution is -0.145. The number of ether oxygens (including phenoxy) is 1. The van der Waals surface area contributed by atoms with Crippen molar-refractivity contribution in [3.8, 4) is 5.75 Å². The summed E-state index contributed by atoms with van der Waals surface area (Å²) in [4.78, 5) is 11.3. The number of rotatable bonds is 5. The van der Waals surface area contributed by atoms with Crippen molar-refractivity contribution < 1.29 is 14.6 Å². The van der Waals surface area contributed by atoms with Crippen molar-refractivity contribution in [1.82, 2.24) is 0 Å². The number of para-hydroxylation sites is 1. The van der Waals surface area contributed by atoms with Crippen molar-refractivity contribution in [2.75, 3.05) is 0 Å². The Kier molecular flexibility index (Phi) is 4.64. The molecule has 0 aliphatic carbocycles. The second-order valence-electron chi connectivity index (χ2n) is 4.54. The van der Waals surface area contributed by atoms with E-state index < -0.39 is 12.1 Å². The summed E-state index contributed by atoms with van der Waals surface area (Å²) in [6.07, 6.45) is -0.627. The van der Waals surface area contributed by atoms with Gasteiger partial charge in [-0.1, -0.05) is 41.9 Å². The fourth-order valence-corrected chi connectivity index (χ4v) is 1.98. The number of halogens is 1. The first-order chi connectivity index (χ1) is 9.56. The molecule has 2 aromatic carbocycles. The largest absolute Gasteiger partial charge is 0.478 e. The van der Waals surface area contributed by atoms with Crippen LogP contribution < -0.4 is 4.74 Å². The zero-order valence-corrected chi connectivity index (χ0v) is 11.8. The number of carbonyl (C=O) groups is 1. The quantitative estimate of drug-likeness (QED) is 0.913. The summed E-state index contributed by atoms with van der Waals surface area (Å²) in [5.41, 5.74) is 1.78. The molecule has 2 aromatic rings. The Hall–Kier alpha value is -2.00. The summed E-state index contributed by atoms with van der Waals surface area (Å²) < 4.78 is 5.61. The molecule has 0 bridgehead atoms. The van der Waals surface area contributed by atoms with Crippen LogP contribution in [0.1, 0.15) is 11.1 Å². The maximum Gasteiger partial charge on any atom is 0.345 e. The molecular formula is C16H15ClO3. The van der Waals surface area contributed by atoms with Crippen LogP contribution in [0.15, 0.2) is 48.5 Å². The second kappa shape index (κ2) is 6.44. The minimum Gasteiger partial charge on any atom is -0.478 e. The second-order valence-corrected chi connectivity index (χ2v) is 4.98. The van der Waals surface area contributed by atoms with Gasteiger partial charge in [-0.05, 0) is 36.2 Å². The van der Waals surface area contributed by atoms with E-state index in [2.05, 4.69) is 0 Å². The van der Waals surface area contributed by atoms with Crippen LogP contribution in [0.2, 0.25) is 5.02 Å². The van der Waals surface area contributed by atoms with Gasteiger partial charge in [0.05, 0.1) is 0 Å². The summed E-state index contributed by atoms with van der Waals surface area (Å²) in [5, 5.41) is 9.92. The predicted molar refractivity (Wildman–Crippen MR) is 78.4 cm³/mol. The molecular weight excluding hydrogens is 276 g/mol. The first-order valence-corrected chi connectivity index (χ1v) is 6.63. The van der Waals surface area contributed by atoms with Gasteiger partial charge in [0, 0.05) is 11.4 Å². The van der Waals surface area contributed by atoms with Crippen LogP contribution in [-0.4, -0.2) is 17.2 Å². The van der Waals surface area contributed by atoms with Gasteiger partial charge in [-0.3, -0.25) is 0 Å². The van der Waals surface area contributed by atoms with Crippen molar-refractivity contribution >= 4 is 17.6 Å². The SMILES string of the molecule is Cc1ccccc1OC(Cc1ccc(Cl)cc1)C(=O)O. The summed E-state index contributed by atoms with van der Waals surface area (Å²) in [7, 11) is 0. The lowest BCUT2D eigenvalue weighted by Crippen LogP contribution is -2.29. The molecule has 0 radical (unpaired) electrons. The van der Waals surface area contributed by atoms with E-state index in [9.17, 15) is 9.90 Å². The number of aryl methyl sites for hydroxylation is 1. The number of carboxylic acids is 1. The van der Waals surface area contributed by atoms with Gasteiger partial charge in [0.15, 0.2) is 6.10 Å². The topological polar surface area (TPSA) is 46.5 Å². The van der Waals surface area contributed by atoms with Crippen LogP contribution in [-0.2, 0) is 11.2 Å². The van der Waals surface area contributed by atoms with E-state index in [1.165, 1.54) is 0 Å². The standard InChI is InChI=1S/C16H15ClO3/c1-11-4-2-3-5-14(11)20-15(16(18)19)10-12-6-8-13(17)9-7-12/h2-9,15H,10H2,1H3,(H,18,19). The normalized spacial score (nSPS) is 11.9. The van der Waals surface area contributed by atoms with Gasteiger partial charge in [0.1, 0.15) is 5.75 Å². The molecule has 0 amide bonds. The van der Waals surface area contributed by atoms with E-state index in [1.807, 2.05) is 25.1 Å². The van der Waals surface area contributed by atoms with Crippen molar-refractivity contribution in [2.45, 2.75) is 19.4 Å². The Morgan fingerprint density at radius 3 is 2.45 bits per heavy atom. The molecule has 3 nitrogen and oxygen atoms in total. The molecule has 0 fully saturated rings. The third-order valence-electron chi connectivity index (χ3n) is 2.97. The fraction of sp³-hybridized carbons (Fsp3) is 0.188. The third kappa shape index (κ3) is 3.75. The lowest BCUT2D eigenvalue weighted by Gasteiger charge is -2.16. The fourth-order valence-electron chi connectivity index (χ4n) is 1.86. The van der Waals surface area contributed by atoms with E-state index in [0.717, 1.165) is 11.1 Å². The highest BCUT2D eigenvalue weighted by Gasteiger charge is 2.20. The molecule has 0 saturated carbocycles. The molecule has 0 aliphatic heterocycles. The van der Waals surface area contributed by atoms with Crippen molar-refractivity contribution in [2.24, 2.45) is 0 Å². The van der Waals surface area contributed by atoms with Crippen molar-refractivity contribution in [3.63, 3.8) is 0 Å². The number of benzene rings is 2. The molecule has 0 aliphatic rings. The molecule has 1 unspecified atom stereocenters. The minimum absolute atomic E-state index is 0.292. The number of hydrogen-bond donors (Lipinski definition) is 1. The Morgan fingerprint density at radius 1 is 1.20 bits per heavy atom. The van der Waals surface area contributed by atoms with Gasteiger partial charge in [-0.15, -0.1) is 0 Å². The first-order valence-electron chi connectivity index (χ1n) is 6.26. The van der Waals surface area contributed by atoms with E-state index in [-0.39, 0.29) is 0 Å². The summed E-state index contributed by atoms with van der Waals surface area (Å²) in [6.45, 7) is 1.89. The van der Waals surface area contributed by atoms with Gasteiger partial charge < -0.3 is 9.84 Å². The number of hydrogen-bond acceptors (Lipinski definition) is 2. The third-order valence-corrected chi connectivity index (χ3v) is 3.22. The van der Waals surface area contributed by atoms with Crippen LogP contribution in [0.25, 0.3) is 0 Å². The highest BCUT2D eigenvalue weighted by molar-refractivity contribution is 6.30. The van der Waals surface area contributed by atoms with Crippen LogP contribution >= 0.6 is 11.6 Å². The molecule has 104 valence electrons. The maximum absolute atomic E-state index is 11.3. The van der Waals surface area contributed by atoms with Gasteiger partial charge >= 0.3 is 5.97 Å². The number of aliphatic carboxylic acids is 1. The van der Waals surface area contributed by atoms with Gasteiger partial charge in [0.25, 0.3) is 0 Å². The average Bonchev–Trinajstić information content (AvgIpc) is 2.42. The molecule has 1 atom stereocenters. The Balaban J connectivity index is 2.14. The Morgan fingerprint density at radius 2 is 1.85 bits per heavy atom. The van der Waals surface area contributed by atoms with Gasteiger partial charge in [-0.25, -0.2) is 4.79 Å². The first kappa shape index (κ1) is 14.4. The van der Waals surface area contributed by atoms with E-state index in [1.54, 1.807) is 30.3 Å². The smallest absolute Gasteiger partial charge is 0.345 e. The van der Waals surface area contributed by atoms with Crippen LogP contribution in [0.4, 0.5) is 0 Å². The van der Waals surface area contributed by atoms with Crippen LogP contribution in [0.5, 0.6) is 5.75 Å². The molecule has 0 spiro atoms. The van der Waals surface area contributed by atoms with Crippen molar-refractivity contribution in [3.05, 3.63) is 64.7 Å². The zero-order valence-electron chi connectivity index (χ0n) is 11.0. The highest BCUT2D eigenvalue weighted by Crippen LogP contribution is 2.20. The summed E-state index contributed by atoms with van der Waals surface area (Å²) in [6, 6.07) is 14.5. The van der Waals surface area contributed by atoms with Crippen LogP contribution in [0.3, 0.4) is 0 Å². The molecule has 2 rings (SSSR count). The summed E-state index contributed by atoms with van der Waals surface area (Å²) >= 11 is 5.81. The average molecular weight is 291 g/mol. The molecule has 0 saturated heterocycles. The van der Waals surface area contributed by atoms with Crippen LogP contribution in [0, 0.1) is 6.92 Å². The predicted octanol–water partition coefficient (Wildman–Crippen LogP) is 3.72. The maximum atomic E-state index is 11.3. The zero-order chi connectivity index (χ0) is 14.5. The number of carboxylic acid groups (broad SMARTS) is 1. The molecule has 0 heterocycles.